The van der Waals surface area contributed by atoms with Gasteiger partial charge in [-0.3, -0.25) is 4.90 Å². The molecule has 2 aliphatic heterocycles. The smallest absolute Gasteiger partial charge is 0.127 e. The van der Waals surface area contributed by atoms with Crippen molar-refractivity contribution in [1.29, 1.82) is 0 Å². The molecule has 0 bridgehead atoms. The molecular weight excluding hydrogens is 424 g/mol. The number of piperidine rings is 1. The molecular formula is C29H34N2O3. The van der Waals surface area contributed by atoms with Crippen LogP contribution in [0.2, 0.25) is 0 Å². The number of nitrogens with two attached hydrogens (primary N) is 1. The third-order valence-electron chi connectivity index (χ3n) is 7.29. The van der Waals surface area contributed by atoms with Crippen LogP contribution in [0, 0.1) is 12.8 Å². The van der Waals surface area contributed by atoms with Gasteiger partial charge in [-0.15, -0.1) is 0 Å². The molecule has 3 aromatic rings. The predicted molar refractivity (Wildman–Crippen MR) is 134 cm³/mol. The number of ether oxygens (including phenoxy) is 2. The molecule has 0 spiro atoms. The summed E-state index contributed by atoms with van der Waals surface area (Å²) in [6.45, 7) is 5.43. The van der Waals surface area contributed by atoms with Crippen LogP contribution in [0.5, 0.6) is 17.2 Å². The quantitative estimate of drug-likeness (QED) is 0.521. The highest BCUT2D eigenvalue weighted by molar-refractivity contribution is 5.47. The molecule has 2 unspecified atom stereocenters. The molecule has 2 atom stereocenters. The summed E-state index contributed by atoms with van der Waals surface area (Å²) in [7, 11) is 0. The van der Waals surface area contributed by atoms with Gasteiger partial charge in [0.2, 0.25) is 0 Å². The van der Waals surface area contributed by atoms with Crippen LogP contribution in [0.3, 0.4) is 0 Å². The predicted octanol–water partition coefficient (Wildman–Crippen LogP) is 5.35. The van der Waals surface area contributed by atoms with Crippen molar-refractivity contribution in [3.05, 3.63) is 89.0 Å². The molecule has 0 radical (unpaired) electrons. The minimum absolute atomic E-state index is 0.116. The van der Waals surface area contributed by atoms with E-state index in [0.29, 0.717) is 18.2 Å². The number of phenolic OH excluding ortho intramolecular Hbond substituents is 1. The monoisotopic (exact) mass is 458 g/mol. The lowest BCUT2D eigenvalue weighted by atomic mass is 9.83. The SMILES string of the molecule is Cc1ccc2c(c1O)CC(C1CCN(Cc3ccc(Oc4ccccc4)cc3)CC1)OC2CN. The van der Waals surface area contributed by atoms with E-state index >= 15 is 0 Å². The van der Waals surface area contributed by atoms with Gasteiger partial charge in [0.25, 0.3) is 0 Å². The molecule has 0 aromatic heterocycles. The van der Waals surface area contributed by atoms with Crippen LogP contribution < -0.4 is 10.5 Å². The van der Waals surface area contributed by atoms with E-state index in [-0.39, 0.29) is 12.2 Å². The molecule has 3 N–H and O–H groups in total. The molecule has 0 amide bonds. The first-order chi connectivity index (χ1) is 16.6. The van der Waals surface area contributed by atoms with Crippen molar-refractivity contribution < 1.29 is 14.6 Å². The molecule has 5 nitrogen and oxygen atoms in total. The summed E-state index contributed by atoms with van der Waals surface area (Å²) in [5.74, 6) is 2.61. The lowest BCUT2D eigenvalue weighted by molar-refractivity contribution is -0.0651. The van der Waals surface area contributed by atoms with Gasteiger partial charge in [0.1, 0.15) is 17.2 Å². The zero-order valence-electron chi connectivity index (χ0n) is 19.8. The van der Waals surface area contributed by atoms with Crippen molar-refractivity contribution in [2.45, 2.75) is 44.9 Å². The zero-order valence-corrected chi connectivity index (χ0v) is 19.8. The lowest BCUT2D eigenvalue weighted by Gasteiger charge is -2.40. The Labute approximate surface area is 202 Å². The van der Waals surface area contributed by atoms with Crippen LogP contribution in [0.15, 0.2) is 66.7 Å². The fourth-order valence-electron chi connectivity index (χ4n) is 5.31. The Morgan fingerprint density at radius 1 is 0.971 bits per heavy atom. The average molecular weight is 459 g/mol. The highest BCUT2D eigenvalue weighted by Crippen LogP contribution is 2.40. The lowest BCUT2D eigenvalue weighted by Crippen LogP contribution is -2.41. The molecule has 178 valence electrons. The van der Waals surface area contributed by atoms with E-state index in [1.165, 1.54) is 5.56 Å². The Kier molecular flexibility index (Phi) is 6.86. The van der Waals surface area contributed by atoms with Gasteiger partial charge in [-0.2, -0.15) is 0 Å². The number of aromatic hydroxyl groups is 1. The molecule has 1 saturated heterocycles. The summed E-state index contributed by atoms with van der Waals surface area (Å²) in [5, 5.41) is 10.7. The molecule has 0 aliphatic carbocycles. The molecule has 1 fully saturated rings. The Morgan fingerprint density at radius 2 is 1.68 bits per heavy atom. The molecule has 34 heavy (non-hydrogen) atoms. The number of hydrogen-bond acceptors (Lipinski definition) is 5. The summed E-state index contributed by atoms with van der Waals surface area (Å²) >= 11 is 0. The van der Waals surface area contributed by atoms with Crippen LogP contribution in [0.25, 0.3) is 0 Å². The van der Waals surface area contributed by atoms with Crippen molar-refractivity contribution in [2.75, 3.05) is 19.6 Å². The van der Waals surface area contributed by atoms with Crippen molar-refractivity contribution in [1.82, 2.24) is 4.90 Å². The number of fused-ring (bicyclic) bond motifs is 1. The van der Waals surface area contributed by atoms with Gasteiger partial charge in [-0.1, -0.05) is 42.5 Å². The van der Waals surface area contributed by atoms with Crippen molar-refractivity contribution in [3.8, 4) is 17.2 Å². The van der Waals surface area contributed by atoms with Gasteiger partial charge in [-0.05, 0) is 79.7 Å². The van der Waals surface area contributed by atoms with Crippen molar-refractivity contribution >= 4 is 0 Å². The second kappa shape index (κ2) is 10.2. The number of likely N-dealkylation sites (tertiary alicyclic amines) is 1. The normalized spacial score (nSPS) is 21.2. The summed E-state index contributed by atoms with van der Waals surface area (Å²) in [4.78, 5) is 2.52. The van der Waals surface area contributed by atoms with Crippen molar-refractivity contribution in [2.24, 2.45) is 11.7 Å². The van der Waals surface area contributed by atoms with Gasteiger partial charge in [-0.25, -0.2) is 0 Å². The second-order valence-electron chi connectivity index (χ2n) is 9.57. The van der Waals surface area contributed by atoms with E-state index in [4.69, 9.17) is 15.2 Å². The number of hydrogen-bond donors (Lipinski definition) is 2. The van der Waals surface area contributed by atoms with E-state index in [9.17, 15) is 5.11 Å². The Hall–Kier alpha value is -2.86. The summed E-state index contributed by atoms with van der Waals surface area (Å²) in [6, 6.07) is 22.3. The van der Waals surface area contributed by atoms with E-state index in [2.05, 4.69) is 23.1 Å². The molecule has 2 heterocycles. The maximum atomic E-state index is 10.7. The fourth-order valence-corrected chi connectivity index (χ4v) is 5.31. The molecule has 2 aliphatic rings. The fraction of sp³-hybridized carbons (Fsp3) is 0.379. The van der Waals surface area contributed by atoms with Crippen LogP contribution in [0.4, 0.5) is 0 Å². The van der Waals surface area contributed by atoms with Gasteiger partial charge < -0.3 is 20.3 Å². The van der Waals surface area contributed by atoms with Crippen LogP contribution in [-0.2, 0) is 17.7 Å². The Morgan fingerprint density at radius 3 is 2.38 bits per heavy atom. The standard InChI is InChI=1S/C29H34N2O3/c1-20-7-12-25-26(29(20)32)17-27(34-28(25)18-30)22-13-15-31(16-14-22)19-21-8-10-24(11-9-21)33-23-5-3-2-4-6-23/h2-12,22,27-28,32H,13-19,30H2,1H3. The maximum absolute atomic E-state index is 10.7. The Bertz CT molecular complexity index is 1090. The van der Waals surface area contributed by atoms with Gasteiger partial charge in [0, 0.05) is 25.1 Å². The molecule has 0 saturated carbocycles. The number of para-hydroxylation sites is 1. The van der Waals surface area contributed by atoms with E-state index < -0.39 is 0 Å². The topological polar surface area (TPSA) is 68.0 Å². The van der Waals surface area contributed by atoms with Gasteiger partial charge in [0.15, 0.2) is 0 Å². The maximum Gasteiger partial charge on any atom is 0.127 e. The first-order valence-corrected chi connectivity index (χ1v) is 12.3. The number of phenols is 1. The third kappa shape index (κ3) is 4.97. The number of benzene rings is 3. The minimum atomic E-state index is -0.130. The second-order valence-corrected chi connectivity index (χ2v) is 9.57. The largest absolute Gasteiger partial charge is 0.507 e. The first kappa shape index (κ1) is 22.9. The van der Waals surface area contributed by atoms with E-state index in [1.54, 1.807) is 0 Å². The first-order valence-electron chi connectivity index (χ1n) is 12.3. The summed E-state index contributed by atoms with van der Waals surface area (Å²) < 4.78 is 12.4. The Balaban J connectivity index is 1.16. The van der Waals surface area contributed by atoms with Crippen molar-refractivity contribution in [3.63, 3.8) is 0 Å². The highest BCUT2D eigenvalue weighted by Gasteiger charge is 2.35. The van der Waals surface area contributed by atoms with E-state index in [1.807, 2.05) is 55.5 Å². The highest BCUT2D eigenvalue weighted by atomic mass is 16.5. The number of rotatable bonds is 6. The van der Waals surface area contributed by atoms with Gasteiger partial charge >= 0.3 is 0 Å². The molecule has 5 heteroatoms. The molecule has 5 rings (SSSR count). The van der Waals surface area contributed by atoms with Crippen LogP contribution >= 0.6 is 0 Å². The third-order valence-corrected chi connectivity index (χ3v) is 7.29. The minimum Gasteiger partial charge on any atom is -0.507 e. The summed E-state index contributed by atoms with van der Waals surface area (Å²) in [5.41, 5.74) is 10.3. The van der Waals surface area contributed by atoms with Crippen LogP contribution in [0.1, 0.15) is 41.2 Å². The van der Waals surface area contributed by atoms with Gasteiger partial charge in [0.05, 0.1) is 12.2 Å². The number of nitrogens with zero attached hydrogens (tertiary/aromatic N) is 1. The van der Waals surface area contributed by atoms with Crippen LogP contribution in [-0.4, -0.2) is 35.7 Å². The zero-order chi connectivity index (χ0) is 23.5. The number of aryl methyl sites for hydroxylation is 1. The summed E-state index contributed by atoms with van der Waals surface area (Å²) in [6.07, 6.45) is 2.95. The molecule has 3 aromatic carbocycles. The average Bonchev–Trinajstić information content (AvgIpc) is 2.88. The van der Waals surface area contributed by atoms with E-state index in [0.717, 1.165) is 67.1 Å².